The van der Waals surface area contributed by atoms with Gasteiger partial charge in [0.05, 0.1) is 7.11 Å². The highest BCUT2D eigenvalue weighted by atomic mass is 16.5. The zero-order valence-electron chi connectivity index (χ0n) is 15.3. The van der Waals surface area contributed by atoms with E-state index in [9.17, 15) is 4.79 Å². The molecule has 3 N–H and O–H groups in total. The van der Waals surface area contributed by atoms with Crippen molar-refractivity contribution in [2.75, 3.05) is 12.8 Å². The van der Waals surface area contributed by atoms with E-state index in [1.165, 1.54) is 0 Å². The maximum Gasteiger partial charge on any atom is 0.249 e. The lowest BCUT2D eigenvalue weighted by molar-refractivity contribution is -0.121. The molecule has 2 aromatic carbocycles. The first-order valence-electron chi connectivity index (χ1n) is 8.67. The quantitative estimate of drug-likeness (QED) is 0.623. The van der Waals surface area contributed by atoms with Crippen LogP contribution < -0.4 is 15.8 Å². The number of carbonyl (C=O) groups is 1. The number of anilines is 1. The van der Waals surface area contributed by atoms with Gasteiger partial charge in [-0.3, -0.25) is 4.79 Å². The molecule has 140 valence electrons. The SMILES string of the molecule is COc1cccc(-c2noc(C(C)NC(=O)CCc3ccccc3N)n2)c1. The number of carbonyl (C=O) groups excluding carboxylic acids is 1. The van der Waals surface area contributed by atoms with E-state index < -0.39 is 6.04 Å². The molecular formula is C20H22N4O3. The maximum atomic E-state index is 12.2. The first-order valence-corrected chi connectivity index (χ1v) is 8.67. The van der Waals surface area contributed by atoms with E-state index in [2.05, 4.69) is 15.5 Å². The molecule has 0 spiro atoms. The van der Waals surface area contributed by atoms with E-state index in [0.717, 1.165) is 11.1 Å². The highest BCUT2D eigenvalue weighted by molar-refractivity contribution is 5.76. The van der Waals surface area contributed by atoms with Gasteiger partial charge in [-0.1, -0.05) is 35.5 Å². The van der Waals surface area contributed by atoms with Crippen molar-refractivity contribution in [3.05, 3.63) is 60.0 Å². The molecule has 0 bridgehead atoms. The predicted octanol–water partition coefficient (Wildman–Crippen LogP) is 3.14. The van der Waals surface area contributed by atoms with Gasteiger partial charge >= 0.3 is 0 Å². The summed E-state index contributed by atoms with van der Waals surface area (Å²) in [6.07, 6.45) is 0.902. The maximum absolute atomic E-state index is 12.2. The number of hydrogen-bond donors (Lipinski definition) is 2. The third-order valence-corrected chi connectivity index (χ3v) is 4.19. The minimum Gasteiger partial charge on any atom is -0.497 e. The Balaban J connectivity index is 1.59. The van der Waals surface area contributed by atoms with Gasteiger partial charge in [0.25, 0.3) is 0 Å². The number of aromatic nitrogens is 2. The highest BCUT2D eigenvalue weighted by Gasteiger charge is 2.17. The summed E-state index contributed by atoms with van der Waals surface area (Å²) in [6, 6.07) is 14.5. The summed E-state index contributed by atoms with van der Waals surface area (Å²) in [7, 11) is 1.60. The van der Waals surface area contributed by atoms with Gasteiger partial charge in [0.1, 0.15) is 11.8 Å². The van der Waals surface area contributed by atoms with Crippen LogP contribution in [0.4, 0.5) is 5.69 Å². The van der Waals surface area contributed by atoms with Crippen LogP contribution in [0.3, 0.4) is 0 Å². The summed E-state index contributed by atoms with van der Waals surface area (Å²) in [6.45, 7) is 1.80. The number of ether oxygens (including phenoxy) is 1. The van der Waals surface area contributed by atoms with E-state index in [1.807, 2.05) is 48.5 Å². The second-order valence-electron chi connectivity index (χ2n) is 6.18. The molecule has 0 radical (unpaired) electrons. The van der Waals surface area contributed by atoms with Crippen LogP contribution in [0, 0.1) is 0 Å². The van der Waals surface area contributed by atoms with Gasteiger partial charge in [0.15, 0.2) is 0 Å². The summed E-state index contributed by atoms with van der Waals surface area (Å²) in [5.41, 5.74) is 8.33. The zero-order valence-corrected chi connectivity index (χ0v) is 15.3. The lowest BCUT2D eigenvalue weighted by Gasteiger charge is -2.10. The Morgan fingerprint density at radius 2 is 2.07 bits per heavy atom. The lowest BCUT2D eigenvalue weighted by Crippen LogP contribution is -2.27. The Bertz CT molecular complexity index is 923. The molecule has 7 nitrogen and oxygen atoms in total. The molecule has 1 unspecified atom stereocenters. The zero-order chi connectivity index (χ0) is 19.2. The van der Waals surface area contributed by atoms with Gasteiger partial charge in [0.2, 0.25) is 17.6 Å². The van der Waals surface area contributed by atoms with E-state index in [4.69, 9.17) is 15.0 Å². The standard InChI is InChI=1S/C20H22N4O3/c1-13(22-18(25)11-10-14-6-3-4-9-17(14)21)20-23-19(24-27-20)15-7-5-8-16(12-15)26-2/h3-9,12-13H,10-11,21H2,1-2H3,(H,22,25). The van der Waals surface area contributed by atoms with Gasteiger partial charge in [-0.05, 0) is 37.1 Å². The fraction of sp³-hybridized carbons (Fsp3) is 0.250. The summed E-state index contributed by atoms with van der Waals surface area (Å²) in [5, 5.41) is 6.86. The summed E-state index contributed by atoms with van der Waals surface area (Å²) in [5.74, 6) is 1.40. The summed E-state index contributed by atoms with van der Waals surface area (Å²) < 4.78 is 10.5. The van der Waals surface area contributed by atoms with Gasteiger partial charge in [-0.15, -0.1) is 0 Å². The molecule has 1 amide bonds. The van der Waals surface area contributed by atoms with E-state index in [1.54, 1.807) is 14.0 Å². The summed E-state index contributed by atoms with van der Waals surface area (Å²) >= 11 is 0. The molecule has 1 aromatic heterocycles. The van der Waals surface area contributed by atoms with E-state index >= 15 is 0 Å². The molecule has 0 saturated heterocycles. The predicted molar refractivity (Wildman–Crippen MR) is 102 cm³/mol. The van der Waals surface area contributed by atoms with Crippen LogP contribution >= 0.6 is 0 Å². The molecule has 3 aromatic rings. The van der Waals surface area contributed by atoms with Crippen molar-refractivity contribution in [3.8, 4) is 17.1 Å². The van der Waals surface area contributed by atoms with Crippen LogP contribution in [0.25, 0.3) is 11.4 Å². The normalized spacial score (nSPS) is 11.8. The fourth-order valence-electron chi connectivity index (χ4n) is 2.68. The number of para-hydroxylation sites is 1. The molecule has 3 rings (SSSR count). The Hall–Kier alpha value is -3.35. The van der Waals surface area contributed by atoms with E-state index in [0.29, 0.717) is 36.0 Å². The van der Waals surface area contributed by atoms with Crippen molar-refractivity contribution in [2.24, 2.45) is 0 Å². The third kappa shape index (κ3) is 4.63. The molecule has 1 heterocycles. The molecule has 0 aliphatic rings. The number of aryl methyl sites for hydroxylation is 1. The largest absolute Gasteiger partial charge is 0.497 e. The van der Waals surface area contributed by atoms with Crippen LogP contribution in [0.1, 0.15) is 30.8 Å². The highest BCUT2D eigenvalue weighted by Crippen LogP contribution is 2.22. The molecular weight excluding hydrogens is 344 g/mol. The van der Waals surface area contributed by atoms with Crippen molar-refractivity contribution < 1.29 is 14.1 Å². The van der Waals surface area contributed by atoms with Gasteiger partial charge < -0.3 is 20.3 Å². The molecule has 0 saturated carbocycles. The topological polar surface area (TPSA) is 103 Å². The molecule has 7 heteroatoms. The Morgan fingerprint density at radius 1 is 1.26 bits per heavy atom. The second-order valence-corrected chi connectivity index (χ2v) is 6.18. The van der Waals surface area contributed by atoms with Crippen molar-refractivity contribution in [3.63, 3.8) is 0 Å². The molecule has 0 aliphatic heterocycles. The molecule has 0 fully saturated rings. The van der Waals surface area contributed by atoms with Crippen LogP contribution in [-0.4, -0.2) is 23.2 Å². The number of nitrogen functional groups attached to an aromatic ring is 1. The number of nitrogens with one attached hydrogen (secondary N) is 1. The number of methoxy groups -OCH3 is 1. The average molecular weight is 366 g/mol. The number of benzene rings is 2. The van der Waals surface area contributed by atoms with Crippen LogP contribution in [0.5, 0.6) is 5.75 Å². The lowest BCUT2D eigenvalue weighted by atomic mass is 10.1. The Kier molecular flexibility index (Phi) is 5.71. The Morgan fingerprint density at radius 3 is 2.85 bits per heavy atom. The average Bonchev–Trinajstić information content (AvgIpc) is 3.18. The number of rotatable bonds is 7. The summed E-state index contributed by atoms with van der Waals surface area (Å²) in [4.78, 5) is 16.6. The Labute approximate surface area is 157 Å². The van der Waals surface area contributed by atoms with Gasteiger partial charge in [0, 0.05) is 17.7 Å². The third-order valence-electron chi connectivity index (χ3n) is 4.19. The minimum atomic E-state index is -0.391. The molecule has 0 aliphatic carbocycles. The van der Waals surface area contributed by atoms with Crippen LogP contribution in [0.2, 0.25) is 0 Å². The number of amides is 1. The van der Waals surface area contributed by atoms with Crippen LogP contribution in [-0.2, 0) is 11.2 Å². The molecule has 1 atom stereocenters. The number of nitrogens with two attached hydrogens (primary N) is 1. The first kappa shape index (κ1) is 18.4. The van der Waals surface area contributed by atoms with Crippen molar-refractivity contribution in [1.29, 1.82) is 0 Å². The van der Waals surface area contributed by atoms with Crippen molar-refractivity contribution >= 4 is 11.6 Å². The monoisotopic (exact) mass is 366 g/mol. The minimum absolute atomic E-state index is 0.105. The van der Waals surface area contributed by atoms with Crippen LogP contribution in [0.15, 0.2) is 53.1 Å². The van der Waals surface area contributed by atoms with Crippen molar-refractivity contribution in [1.82, 2.24) is 15.5 Å². The fourth-order valence-corrected chi connectivity index (χ4v) is 2.68. The van der Waals surface area contributed by atoms with Gasteiger partial charge in [-0.25, -0.2) is 0 Å². The second kappa shape index (κ2) is 8.35. The van der Waals surface area contributed by atoms with Gasteiger partial charge in [-0.2, -0.15) is 4.98 Å². The van der Waals surface area contributed by atoms with Crippen molar-refractivity contribution in [2.45, 2.75) is 25.8 Å². The number of hydrogen-bond acceptors (Lipinski definition) is 6. The van der Waals surface area contributed by atoms with E-state index in [-0.39, 0.29) is 5.91 Å². The smallest absolute Gasteiger partial charge is 0.249 e. The first-order chi connectivity index (χ1) is 13.1. The molecule has 27 heavy (non-hydrogen) atoms. The number of nitrogens with zero attached hydrogens (tertiary/aromatic N) is 2.